The molecule has 142 valence electrons. The van der Waals surface area contributed by atoms with Crippen LogP contribution in [0.15, 0.2) is 54.6 Å². The fraction of sp³-hybridized carbons (Fsp3) is 0.400. The third-order valence-electron chi connectivity index (χ3n) is 4.10. The van der Waals surface area contributed by atoms with Crippen LogP contribution < -0.4 is 0 Å². The summed E-state index contributed by atoms with van der Waals surface area (Å²) in [6.45, 7) is 1.58. The van der Waals surface area contributed by atoms with Crippen molar-refractivity contribution in [3.05, 3.63) is 71.3 Å². The van der Waals surface area contributed by atoms with Gasteiger partial charge >= 0.3 is 6.18 Å². The Hall–Kier alpha value is -1.89. The van der Waals surface area contributed by atoms with Crippen LogP contribution in [0.3, 0.4) is 0 Å². The highest BCUT2D eigenvalue weighted by atomic mass is 19.4. The molecule has 1 N–H and O–H groups in total. The minimum Gasteiger partial charge on any atom is -0.390 e. The largest absolute Gasteiger partial charge is 0.416 e. The van der Waals surface area contributed by atoms with Crippen molar-refractivity contribution in [2.75, 3.05) is 27.2 Å². The third-order valence-corrected chi connectivity index (χ3v) is 4.10. The summed E-state index contributed by atoms with van der Waals surface area (Å²) in [5.41, 5.74) is 0.740. The van der Waals surface area contributed by atoms with Crippen molar-refractivity contribution in [3.63, 3.8) is 0 Å². The Balaban J connectivity index is 1.87. The van der Waals surface area contributed by atoms with Crippen molar-refractivity contribution in [3.8, 4) is 0 Å². The van der Waals surface area contributed by atoms with Crippen LogP contribution in [-0.2, 0) is 19.3 Å². The molecule has 0 bridgehead atoms. The molecule has 0 radical (unpaired) electrons. The van der Waals surface area contributed by atoms with Crippen LogP contribution in [0.1, 0.15) is 16.7 Å². The average Bonchev–Trinajstić information content (AvgIpc) is 2.54. The molecule has 2 aromatic carbocycles. The van der Waals surface area contributed by atoms with E-state index in [-0.39, 0.29) is 12.1 Å². The molecule has 0 heterocycles. The number of aliphatic hydroxyl groups is 1. The van der Waals surface area contributed by atoms with E-state index in [1.165, 1.54) is 12.1 Å². The van der Waals surface area contributed by atoms with Crippen LogP contribution >= 0.6 is 0 Å². The summed E-state index contributed by atoms with van der Waals surface area (Å²) in [6, 6.07) is 15.5. The lowest BCUT2D eigenvalue weighted by Crippen LogP contribution is -2.37. The maximum atomic E-state index is 13.1. The zero-order valence-electron chi connectivity index (χ0n) is 15.1. The SMILES string of the molecule is CN(Cc1ccccc1)CC(O)CN(C)Cc1ccccc1C(F)(F)F. The number of likely N-dealkylation sites (N-methyl/N-ethyl adjacent to an activating group) is 2. The molecule has 0 saturated carbocycles. The van der Waals surface area contributed by atoms with E-state index in [2.05, 4.69) is 0 Å². The fourth-order valence-electron chi connectivity index (χ4n) is 3.03. The average molecular weight is 366 g/mol. The molecule has 0 spiro atoms. The maximum Gasteiger partial charge on any atom is 0.416 e. The zero-order chi connectivity index (χ0) is 19.2. The van der Waals surface area contributed by atoms with E-state index in [0.717, 1.165) is 11.6 Å². The second-order valence-electron chi connectivity index (χ2n) is 6.69. The normalized spacial score (nSPS) is 13.4. The number of hydrogen-bond donors (Lipinski definition) is 1. The van der Waals surface area contributed by atoms with Gasteiger partial charge in [0.25, 0.3) is 0 Å². The molecule has 6 heteroatoms. The van der Waals surface area contributed by atoms with Crippen LogP contribution in [0.5, 0.6) is 0 Å². The molecule has 2 aromatic rings. The number of halogens is 3. The first-order chi connectivity index (χ1) is 12.3. The van der Waals surface area contributed by atoms with Gasteiger partial charge in [0, 0.05) is 26.2 Å². The fourth-order valence-corrected chi connectivity index (χ4v) is 3.03. The summed E-state index contributed by atoms with van der Waals surface area (Å²) < 4.78 is 39.2. The second kappa shape index (κ2) is 9.16. The Labute approximate surface area is 152 Å². The van der Waals surface area contributed by atoms with E-state index in [0.29, 0.717) is 19.6 Å². The Morgan fingerprint density at radius 1 is 0.846 bits per heavy atom. The number of aliphatic hydroxyl groups excluding tert-OH is 1. The first-order valence-corrected chi connectivity index (χ1v) is 8.50. The van der Waals surface area contributed by atoms with Crippen molar-refractivity contribution in [1.29, 1.82) is 0 Å². The topological polar surface area (TPSA) is 26.7 Å². The lowest BCUT2D eigenvalue weighted by atomic mass is 10.1. The first-order valence-electron chi connectivity index (χ1n) is 8.50. The van der Waals surface area contributed by atoms with Gasteiger partial charge < -0.3 is 5.11 Å². The molecule has 1 atom stereocenters. The van der Waals surface area contributed by atoms with Crippen LogP contribution in [-0.4, -0.2) is 48.2 Å². The van der Waals surface area contributed by atoms with Crippen molar-refractivity contribution < 1.29 is 18.3 Å². The molecule has 2 rings (SSSR count). The van der Waals surface area contributed by atoms with Gasteiger partial charge in [0.05, 0.1) is 11.7 Å². The number of hydrogen-bond acceptors (Lipinski definition) is 3. The van der Waals surface area contributed by atoms with E-state index in [9.17, 15) is 18.3 Å². The summed E-state index contributed by atoms with van der Waals surface area (Å²) in [7, 11) is 3.63. The molecule has 3 nitrogen and oxygen atoms in total. The van der Waals surface area contributed by atoms with Crippen molar-refractivity contribution in [1.82, 2.24) is 9.80 Å². The van der Waals surface area contributed by atoms with Gasteiger partial charge in [-0.25, -0.2) is 0 Å². The molecule has 0 fully saturated rings. The maximum absolute atomic E-state index is 13.1. The van der Waals surface area contributed by atoms with E-state index in [1.54, 1.807) is 18.0 Å². The number of rotatable bonds is 8. The molecule has 0 aliphatic rings. The molecular formula is C20H25F3N2O. The second-order valence-corrected chi connectivity index (χ2v) is 6.69. The van der Waals surface area contributed by atoms with Gasteiger partial charge in [-0.2, -0.15) is 13.2 Å². The van der Waals surface area contributed by atoms with Gasteiger partial charge in [-0.15, -0.1) is 0 Å². The molecule has 26 heavy (non-hydrogen) atoms. The van der Waals surface area contributed by atoms with Crippen molar-refractivity contribution >= 4 is 0 Å². The highest BCUT2D eigenvalue weighted by Crippen LogP contribution is 2.32. The molecular weight excluding hydrogens is 341 g/mol. The Kier molecular flexibility index (Phi) is 7.20. The smallest absolute Gasteiger partial charge is 0.390 e. The predicted octanol–water partition coefficient (Wildman–Crippen LogP) is 3.63. The molecule has 0 aliphatic heterocycles. The van der Waals surface area contributed by atoms with Gasteiger partial charge in [-0.1, -0.05) is 48.5 Å². The quantitative estimate of drug-likeness (QED) is 0.773. The van der Waals surface area contributed by atoms with Gasteiger partial charge in [0.2, 0.25) is 0 Å². The Morgan fingerprint density at radius 3 is 2.00 bits per heavy atom. The van der Waals surface area contributed by atoms with E-state index in [1.807, 2.05) is 42.3 Å². The summed E-state index contributed by atoms with van der Waals surface area (Å²) in [5, 5.41) is 10.3. The van der Waals surface area contributed by atoms with Crippen LogP contribution in [0, 0.1) is 0 Å². The monoisotopic (exact) mass is 366 g/mol. The van der Waals surface area contributed by atoms with Crippen LogP contribution in [0.4, 0.5) is 13.2 Å². The van der Waals surface area contributed by atoms with E-state index in [4.69, 9.17) is 0 Å². The number of nitrogens with zero attached hydrogens (tertiary/aromatic N) is 2. The van der Waals surface area contributed by atoms with Gasteiger partial charge in [0.1, 0.15) is 0 Å². The minimum absolute atomic E-state index is 0.134. The van der Waals surface area contributed by atoms with Gasteiger partial charge in [-0.05, 0) is 31.3 Å². The standard InChI is InChI=1S/C20H25F3N2O/c1-24(12-16-8-4-3-5-9-16)14-18(26)15-25(2)13-17-10-6-7-11-19(17)20(21,22)23/h3-11,18,26H,12-15H2,1-2H3. The Bertz CT molecular complexity index is 676. The molecule has 0 saturated heterocycles. The summed E-state index contributed by atoms with van der Waals surface area (Å²) in [5.74, 6) is 0. The molecule has 0 amide bonds. The third kappa shape index (κ3) is 6.44. The molecule has 0 aromatic heterocycles. The number of alkyl halides is 3. The lowest BCUT2D eigenvalue weighted by molar-refractivity contribution is -0.138. The van der Waals surface area contributed by atoms with Gasteiger partial charge in [-0.3, -0.25) is 9.80 Å². The highest BCUT2D eigenvalue weighted by molar-refractivity contribution is 5.29. The van der Waals surface area contributed by atoms with E-state index >= 15 is 0 Å². The first kappa shape index (κ1) is 20.4. The summed E-state index contributed by atoms with van der Waals surface area (Å²) in [6.07, 6.45) is -5.02. The minimum atomic E-state index is -4.37. The predicted molar refractivity (Wildman–Crippen MR) is 96.6 cm³/mol. The van der Waals surface area contributed by atoms with Crippen molar-refractivity contribution in [2.45, 2.75) is 25.4 Å². The van der Waals surface area contributed by atoms with Gasteiger partial charge in [0.15, 0.2) is 0 Å². The lowest BCUT2D eigenvalue weighted by Gasteiger charge is -2.25. The Morgan fingerprint density at radius 2 is 1.38 bits per heavy atom. The van der Waals surface area contributed by atoms with Crippen LogP contribution in [0.2, 0.25) is 0 Å². The summed E-state index contributed by atoms with van der Waals surface area (Å²) in [4.78, 5) is 3.71. The zero-order valence-corrected chi connectivity index (χ0v) is 15.1. The molecule has 1 unspecified atom stereocenters. The highest BCUT2D eigenvalue weighted by Gasteiger charge is 2.33. The van der Waals surface area contributed by atoms with E-state index < -0.39 is 17.8 Å². The molecule has 0 aliphatic carbocycles. The number of benzene rings is 2. The summed E-state index contributed by atoms with van der Waals surface area (Å²) >= 11 is 0. The van der Waals surface area contributed by atoms with Crippen LogP contribution in [0.25, 0.3) is 0 Å². The van der Waals surface area contributed by atoms with Crippen molar-refractivity contribution in [2.24, 2.45) is 0 Å².